The highest BCUT2D eigenvalue weighted by Gasteiger charge is 2.21. The predicted molar refractivity (Wildman–Crippen MR) is 88.1 cm³/mol. The van der Waals surface area contributed by atoms with Crippen LogP contribution in [-0.4, -0.2) is 13.1 Å². The normalized spacial score (nSPS) is 14.5. The zero-order valence-electron chi connectivity index (χ0n) is 13.0. The maximum Gasteiger partial charge on any atom is 0.333 e. The highest BCUT2D eigenvalue weighted by Crippen LogP contribution is 2.29. The van der Waals surface area contributed by atoms with Gasteiger partial charge in [-0.05, 0) is 30.7 Å². The van der Waals surface area contributed by atoms with E-state index in [1.165, 1.54) is 31.9 Å². The molecule has 0 aliphatic heterocycles. The van der Waals surface area contributed by atoms with Gasteiger partial charge in [-0.15, -0.1) is 6.58 Å². The summed E-state index contributed by atoms with van der Waals surface area (Å²) in [6.45, 7) is 7.43. The van der Waals surface area contributed by atoms with E-state index in [1.54, 1.807) is 0 Å². The second-order valence-corrected chi connectivity index (χ2v) is 5.33. The van der Waals surface area contributed by atoms with Crippen LogP contribution in [0.15, 0.2) is 55.1 Å². The lowest BCUT2D eigenvalue weighted by Gasteiger charge is -2.21. The summed E-state index contributed by atoms with van der Waals surface area (Å²) >= 11 is 0. The number of esters is 1. The predicted octanol–water partition coefficient (Wildman–Crippen LogP) is 4.71. The summed E-state index contributed by atoms with van der Waals surface area (Å²) in [5, 5.41) is 0. The van der Waals surface area contributed by atoms with E-state index >= 15 is 0 Å². The first kappa shape index (κ1) is 17.2. The molecule has 0 amide bonds. The lowest BCUT2D eigenvalue weighted by atomic mass is 9.84. The molecular formula is C19H26O2. The summed E-state index contributed by atoms with van der Waals surface area (Å²) in [6, 6.07) is 10.3. The van der Waals surface area contributed by atoms with Crippen LogP contribution in [0.4, 0.5) is 0 Å². The Hall–Kier alpha value is -1.83. The molecule has 1 fully saturated rings. The van der Waals surface area contributed by atoms with Gasteiger partial charge in [0.25, 0.3) is 0 Å². The Kier molecular flexibility index (Phi) is 8.18. The molecule has 0 heterocycles. The third kappa shape index (κ3) is 6.44. The summed E-state index contributed by atoms with van der Waals surface area (Å²) in [4.78, 5) is 11.1. The molecule has 0 bridgehead atoms. The van der Waals surface area contributed by atoms with Crippen LogP contribution in [0.5, 0.6) is 0 Å². The van der Waals surface area contributed by atoms with E-state index < -0.39 is 0 Å². The van der Waals surface area contributed by atoms with Crippen molar-refractivity contribution >= 4 is 5.97 Å². The Morgan fingerprint density at radius 1 is 1.24 bits per heavy atom. The first-order valence-corrected chi connectivity index (χ1v) is 7.61. The first-order chi connectivity index (χ1) is 10.2. The zero-order chi connectivity index (χ0) is 15.5. The van der Waals surface area contributed by atoms with Crippen molar-refractivity contribution in [2.24, 2.45) is 5.92 Å². The fraction of sp³-hybridized carbons (Fsp3) is 0.421. The highest BCUT2D eigenvalue weighted by molar-refractivity contribution is 5.88. The van der Waals surface area contributed by atoms with Crippen LogP contribution >= 0.6 is 0 Å². The van der Waals surface area contributed by atoms with Crippen molar-refractivity contribution in [3.8, 4) is 0 Å². The highest BCUT2D eigenvalue weighted by atomic mass is 16.5. The number of carbonyl (C=O) groups is 1. The summed E-state index contributed by atoms with van der Waals surface area (Å²) in [5.74, 6) is 0.146. The minimum absolute atomic E-state index is 0.234. The largest absolute Gasteiger partial charge is 0.466 e. The van der Waals surface area contributed by atoms with E-state index in [9.17, 15) is 4.79 Å². The van der Waals surface area contributed by atoms with Gasteiger partial charge >= 0.3 is 5.97 Å². The molecular weight excluding hydrogens is 260 g/mol. The molecule has 21 heavy (non-hydrogen) atoms. The molecule has 0 atom stereocenters. The average molecular weight is 286 g/mol. The van der Waals surface area contributed by atoms with E-state index in [0.29, 0.717) is 11.5 Å². The smallest absolute Gasteiger partial charge is 0.333 e. The topological polar surface area (TPSA) is 26.3 Å². The molecule has 0 spiro atoms. The van der Waals surface area contributed by atoms with E-state index in [2.05, 4.69) is 30.0 Å². The minimum atomic E-state index is -0.234. The van der Waals surface area contributed by atoms with Gasteiger partial charge in [-0.25, -0.2) is 4.79 Å². The lowest BCUT2D eigenvalue weighted by Crippen LogP contribution is -2.16. The molecule has 2 nitrogen and oxygen atoms in total. The van der Waals surface area contributed by atoms with Gasteiger partial charge in [0.2, 0.25) is 0 Å². The Labute approximate surface area is 128 Å². The maximum absolute atomic E-state index is 11.1. The molecule has 0 aromatic heterocycles. The molecule has 1 aliphatic rings. The van der Waals surface area contributed by atoms with Crippen molar-refractivity contribution in [3.63, 3.8) is 0 Å². The van der Waals surface area contributed by atoms with Crippen LogP contribution in [0.3, 0.4) is 0 Å². The van der Waals surface area contributed by atoms with Crippen molar-refractivity contribution < 1.29 is 9.53 Å². The van der Waals surface area contributed by atoms with Gasteiger partial charge in [-0.2, -0.15) is 0 Å². The van der Waals surface area contributed by atoms with Crippen molar-refractivity contribution in [3.05, 3.63) is 60.7 Å². The van der Waals surface area contributed by atoms with Crippen molar-refractivity contribution in [2.45, 2.75) is 38.5 Å². The number of ether oxygens (including phenoxy) is 1. The molecule has 0 unspecified atom stereocenters. The SMILES string of the molecule is C=C(C(=O)OC)C1CCCCC1.C=CCc1ccccc1. The molecule has 1 aliphatic carbocycles. The molecule has 0 N–H and O–H groups in total. The van der Waals surface area contributed by atoms with E-state index in [4.69, 9.17) is 0 Å². The molecule has 1 saturated carbocycles. The van der Waals surface area contributed by atoms with Gasteiger partial charge in [-0.1, -0.05) is 62.2 Å². The summed E-state index contributed by atoms with van der Waals surface area (Å²) in [5.41, 5.74) is 1.99. The number of hydrogen-bond acceptors (Lipinski definition) is 2. The maximum atomic E-state index is 11.1. The number of hydrogen-bond donors (Lipinski definition) is 0. The third-order valence-electron chi connectivity index (χ3n) is 3.77. The summed E-state index contributed by atoms with van der Waals surface area (Å²) in [7, 11) is 1.41. The molecule has 114 valence electrons. The van der Waals surface area contributed by atoms with Crippen LogP contribution in [0.2, 0.25) is 0 Å². The number of allylic oxidation sites excluding steroid dienone is 1. The Bertz CT molecular complexity index is 442. The van der Waals surface area contributed by atoms with Gasteiger partial charge < -0.3 is 4.74 Å². The van der Waals surface area contributed by atoms with Crippen LogP contribution in [0.25, 0.3) is 0 Å². The number of benzene rings is 1. The molecule has 2 heteroatoms. The molecule has 2 rings (SSSR count). The van der Waals surface area contributed by atoms with Crippen LogP contribution in [0.1, 0.15) is 37.7 Å². The van der Waals surface area contributed by atoms with Gasteiger partial charge in [0.1, 0.15) is 0 Å². The Morgan fingerprint density at radius 2 is 1.86 bits per heavy atom. The fourth-order valence-corrected chi connectivity index (χ4v) is 2.53. The van der Waals surface area contributed by atoms with Crippen molar-refractivity contribution in [1.82, 2.24) is 0 Å². The van der Waals surface area contributed by atoms with E-state index in [1.807, 2.05) is 24.3 Å². The molecule has 1 aromatic carbocycles. The Morgan fingerprint density at radius 3 is 2.38 bits per heavy atom. The van der Waals surface area contributed by atoms with Gasteiger partial charge in [0.15, 0.2) is 0 Å². The minimum Gasteiger partial charge on any atom is -0.466 e. The van der Waals surface area contributed by atoms with Crippen molar-refractivity contribution in [1.29, 1.82) is 0 Å². The van der Waals surface area contributed by atoms with Gasteiger partial charge in [0, 0.05) is 5.57 Å². The molecule has 0 saturated heterocycles. The Balaban J connectivity index is 0.000000219. The average Bonchev–Trinajstić information content (AvgIpc) is 2.56. The third-order valence-corrected chi connectivity index (χ3v) is 3.77. The molecule has 0 radical (unpaired) electrons. The van der Waals surface area contributed by atoms with Crippen molar-refractivity contribution in [2.75, 3.05) is 7.11 Å². The fourth-order valence-electron chi connectivity index (χ4n) is 2.53. The van der Waals surface area contributed by atoms with Crippen LogP contribution in [0, 0.1) is 5.92 Å². The second kappa shape index (κ2) is 9.98. The number of methoxy groups -OCH3 is 1. The number of rotatable bonds is 4. The monoisotopic (exact) mass is 286 g/mol. The van der Waals surface area contributed by atoms with Gasteiger partial charge in [0.05, 0.1) is 7.11 Å². The quantitative estimate of drug-likeness (QED) is 0.455. The second-order valence-electron chi connectivity index (χ2n) is 5.33. The lowest BCUT2D eigenvalue weighted by molar-refractivity contribution is -0.136. The van der Waals surface area contributed by atoms with Crippen LogP contribution < -0.4 is 0 Å². The van der Waals surface area contributed by atoms with Crippen LogP contribution in [-0.2, 0) is 16.0 Å². The first-order valence-electron chi connectivity index (χ1n) is 7.61. The summed E-state index contributed by atoms with van der Waals surface area (Å²) < 4.78 is 4.63. The van der Waals surface area contributed by atoms with Gasteiger partial charge in [-0.3, -0.25) is 0 Å². The van der Waals surface area contributed by atoms with E-state index in [0.717, 1.165) is 19.3 Å². The number of carbonyl (C=O) groups excluding carboxylic acids is 1. The van der Waals surface area contributed by atoms with E-state index in [-0.39, 0.29) is 5.97 Å². The standard InChI is InChI=1S/C10H16O2.C9H10/c1-8(10(11)12-2)9-6-4-3-5-7-9;1-2-6-9-7-4-3-5-8-9/h9H,1,3-7H2,2H3;2-5,7-8H,1,6H2. The zero-order valence-corrected chi connectivity index (χ0v) is 13.0. The molecule has 1 aromatic rings. The summed E-state index contributed by atoms with van der Waals surface area (Å²) in [6.07, 6.45) is 8.84.